The van der Waals surface area contributed by atoms with Crippen molar-refractivity contribution in [1.82, 2.24) is 9.97 Å². The number of piperidine rings is 1. The maximum absolute atomic E-state index is 11.3. The molecule has 3 aromatic rings. The zero-order valence-corrected chi connectivity index (χ0v) is 16.9. The number of nitrogens with zero attached hydrogens (tertiary/aromatic N) is 2. The zero-order chi connectivity index (χ0) is 20.4. The molecule has 1 aliphatic heterocycles. The van der Waals surface area contributed by atoms with Crippen LogP contribution < -0.4 is 10.6 Å². The second-order valence-corrected chi connectivity index (χ2v) is 8.11. The van der Waals surface area contributed by atoms with Crippen LogP contribution in [0.2, 0.25) is 0 Å². The maximum atomic E-state index is 11.3. The molecule has 6 nitrogen and oxygen atoms in total. The van der Waals surface area contributed by atoms with Gasteiger partial charge in [0.15, 0.2) is 0 Å². The summed E-state index contributed by atoms with van der Waals surface area (Å²) in [6.45, 7) is 4.22. The van der Waals surface area contributed by atoms with Gasteiger partial charge in [-0.15, -0.1) is 0 Å². The van der Waals surface area contributed by atoms with Gasteiger partial charge in [0.05, 0.1) is 10.9 Å². The highest BCUT2D eigenvalue weighted by atomic mass is 16.1. The number of benzene rings is 1. The molecule has 1 fully saturated rings. The average molecular weight is 393 g/mol. The monoisotopic (exact) mass is 392 g/mol. The fourth-order valence-corrected chi connectivity index (χ4v) is 4.53. The van der Waals surface area contributed by atoms with Gasteiger partial charge in [-0.2, -0.15) is 0 Å². The van der Waals surface area contributed by atoms with E-state index in [0.29, 0.717) is 13.0 Å². The van der Waals surface area contributed by atoms with Crippen molar-refractivity contribution in [3.05, 3.63) is 35.5 Å². The maximum Gasteiger partial charge on any atom is 0.138 e. The number of aldehydes is 2. The van der Waals surface area contributed by atoms with Crippen LogP contribution in [0.15, 0.2) is 24.4 Å². The minimum atomic E-state index is 0.0712. The first-order valence-electron chi connectivity index (χ1n) is 10.4. The van der Waals surface area contributed by atoms with E-state index in [0.717, 1.165) is 83.7 Å². The van der Waals surface area contributed by atoms with Crippen molar-refractivity contribution in [3.8, 4) is 0 Å². The number of aromatic nitrogens is 2. The van der Waals surface area contributed by atoms with Crippen LogP contribution in [0.4, 0.5) is 5.82 Å². The van der Waals surface area contributed by atoms with E-state index < -0.39 is 0 Å². The Morgan fingerprint density at radius 1 is 1.38 bits per heavy atom. The summed E-state index contributed by atoms with van der Waals surface area (Å²) in [4.78, 5) is 32.7. The van der Waals surface area contributed by atoms with Gasteiger partial charge in [0, 0.05) is 42.5 Å². The van der Waals surface area contributed by atoms with E-state index in [-0.39, 0.29) is 11.8 Å². The highest BCUT2D eigenvalue weighted by molar-refractivity contribution is 6.13. The summed E-state index contributed by atoms with van der Waals surface area (Å²) < 4.78 is 0. The number of nitrogens with one attached hydrogen (secondary N) is 1. The number of hydrogen-bond acceptors (Lipinski definition) is 5. The summed E-state index contributed by atoms with van der Waals surface area (Å²) in [5.41, 5.74) is 10.4. The summed E-state index contributed by atoms with van der Waals surface area (Å²) in [6.07, 6.45) is 7.17. The van der Waals surface area contributed by atoms with Gasteiger partial charge in [-0.3, -0.25) is 0 Å². The summed E-state index contributed by atoms with van der Waals surface area (Å²) in [7, 11) is 0. The van der Waals surface area contributed by atoms with Crippen LogP contribution in [0, 0.1) is 12.8 Å². The van der Waals surface area contributed by atoms with Gasteiger partial charge in [0.1, 0.15) is 18.4 Å². The molecule has 0 aliphatic carbocycles. The number of hydrogen-bond donors (Lipinski definition) is 2. The highest BCUT2D eigenvalue weighted by Crippen LogP contribution is 2.36. The van der Waals surface area contributed by atoms with Gasteiger partial charge in [-0.05, 0) is 55.8 Å². The lowest BCUT2D eigenvalue weighted by molar-refractivity contribution is -0.111. The molecule has 1 saturated heterocycles. The largest absolute Gasteiger partial charge is 0.355 e. The van der Waals surface area contributed by atoms with Gasteiger partial charge in [0.2, 0.25) is 0 Å². The van der Waals surface area contributed by atoms with E-state index >= 15 is 0 Å². The summed E-state index contributed by atoms with van der Waals surface area (Å²) in [5, 5.41) is 2.25. The van der Waals surface area contributed by atoms with E-state index in [1.807, 2.05) is 6.20 Å². The van der Waals surface area contributed by atoms with Crippen molar-refractivity contribution < 1.29 is 9.59 Å². The van der Waals surface area contributed by atoms with Crippen molar-refractivity contribution in [1.29, 1.82) is 0 Å². The van der Waals surface area contributed by atoms with Crippen molar-refractivity contribution in [2.75, 3.05) is 24.5 Å². The molecule has 0 spiro atoms. The molecule has 2 atom stereocenters. The van der Waals surface area contributed by atoms with E-state index in [1.165, 1.54) is 0 Å². The normalized spacial score (nSPS) is 18.3. The summed E-state index contributed by atoms with van der Waals surface area (Å²) in [5.74, 6) is 1.19. The molecule has 1 aromatic carbocycles. The molecule has 1 aliphatic rings. The highest BCUT2D eigenvalue weighted by Gasteiger charge is 2.24. The van der Waals surface area contributed by atoms with Gasteiger partial charge in [-0.25, -0.2) is 4.98 Å². The Labute approximate surface area is 170 Å². The van der Waals surface area contributed by atoms with Crippen LogP contribution in [-0.4, -0.2) is 42.2 Å². The molecule has 0 radical (unpaired) electrons. The van der Waals surface area contributed by atoms with Gasteiger partial charge < -0.3 is 25.2 Å². The predicted molar refractivity (Wildman–Crippen MR) is 116 cm³/mol. The van der Waals surface area contributed by atoms with E-state index in [1.54, 1.807) is 0 Å². The molecule has 4 rings (SSSR count). The first-order valence-corrected chi connectivity index (χ1v) is 10.4. The van der Waals surface area contributed by atoms with Crippen molar-refractivity contribution in [2.45, 2.75) is 38.5 Å². The topological polar surface area (TPSA) is 92.1 Å². The molecule has 1 unspecified atom stereocenters. The third-order valence-corrected chi connectivity index (χ3v) is 6.16. The number of aryl methyl sites for hydroxylation is 1. The Kier molecular flexibility index (Phi) is 5.62. The van der Waals surface area contributed by atoms with Crippen molar-refractivity contribution >= 4 is 40.2 Å². The third-order valence-electron chi connectivity index (χ3n) is 6.16. The van der Waals surface area contributed by atoms with Crippen LogP contribution in [0.1, 0.15) is 42.7 Å². The number of nitrogens with two attached hydrogens (primary N) is 1. The molecule has 2 aromatic heterocycles. The fourth-order valence-electron chi connectivity index (χ4n) is 4.53. The van der Waals surface area contributed by atoms with Crippen LogP contribution in [-0.2, 0) is 9.59 Å². The van der Waals surface area contributed by atoms with E-state index in [4.69, 9.17) is 10.7 Å². The second-order valence-electron chi connectivity index (χ2n) is 8.11. The Morgan fingerprint density at radius 2 is 2.24 bits per heavy atom. The van der Waals surface area contributed by atoms with Crippen LogP contribution in [0.3, 0.4) is 0 Å². The molecule has 6 heteroatoms. The number of carbonyl (C=O) groups excluding carboxylic acids is 2. The standard InChI is InChI=1S/C23H28N4O2/c1-15-12-25-23(27-8-2-4-16(13-27)14-29)21-19-7-6-17(10-20(19)26-22(15)21)18(11-24)5-3-9-28/h6-7,9-10,12,14,16,18,26H,2-5,8,11,13,24H2,1H3/t16-,18?/m0/s1. The van der Waals surface area contributed by atoms with Gasteiger partial charge in [0.25, 0.3) is 0 Å². The first kappa shape index (κ1) is 19.6. The minimum Gasteiger partial charge on any atom is -0.355 e. The van der Waals surface area contributed by atoms with E-state index in [2.05, 4.69) is 35.0 Å². The molecule has 0 amide bonds. The summed E-state index contributed by atoms with van der Waals surface area (Å²) >= 11 is 0. The Morgan fingerprint density at radius 3 is 3.00 bits per heavy atom. The van der Waals surface area contributed by atoms with Crippen LogP contribution in [0.5, 0.6) is 0 Å². The SMILES string of the molecule is Cc1cnc(N2CCC[C@H](C=O)C2)c2c1[nH]c1cc(C(CN)CCC=O)ccc12. The van der Waals surface area contributed by atoms with Gasteiger partial charge >= 0.3 is 0 Å². The second kappa shape index (κ2) is 8.33. The smallest absolute Gasteiger partial charge is 0.138 e. The molecular weight excluding hydrogens is 364 g/mol. The number of pyridine rings is 1. The lowest BCUT2D eigenvalue weighted by Gasteiger charge is -2.31. The number of anilines is 1. The minimum absolute atomic E-state index is 0.0712. The number of rotatable bonds is 7. The van der Waals surface area contributed by atoms with Gasteiger partial charge in [-0.1, -0.05) is 12.1 Å². The van der Waals surface area contributed by atoms with Crippen molar-refractivity contribution in [3.63, 3.8) is 0 Å². The number of carbonyl (C=O) groups is 2. The quantitative estimate of drug-likeness (QED) is 0.601. The Hall–Kier alpha value is -2.73. The zero-order valence-electron chi connectivity index (χ0n) is 16.9. The predicted octanol–water partition coefficient (Wildman–Crippen LogP) is 3.46. The number of H-pyrrole nitrogens is 1. The Balaban J connectivity index is 1.81. The third kappa shape index (κ3) is 3.65. The number of fused-ring (bicyclic) bond motifs is 3. The molecular formula is C23H28N4O2. The van der Waals surface area contributed by atoms with Crippen LogP contribution >= 0.6 is 0 Å². The molecule has 152 valence electrons. The molecule has 0 bridgehead atoms. The average Bonchev–Trinajstić information content (AvgIpc) is 3.14. The Bertz CT molecular complexity index is 1040. The summed E-state index contributed by atoms with van der Waals surface area (Å²) in [6, 6.07) is 6.42. The van der Waals surface area contributed by atoms with Crippen LogP contribution in [0.25, 0.3) is 21.8 Å². The molecule has 0 saturated carbocycles. The fraction of sp³-hybridized carbons (Fsp3) is 0.435. The molecule has 3 N–H and O–H groups in total. The number of aromatic amines is 1. The van der Waals surface area contributed by atoms with E-state index in [9.17, 15) is 9.59 Å². The molecule has 29 heavy (non-hydrogen) atoms. The lowest BCUT2D eigenvalue weighted by Crippen LogP contribution is -2.36. The first-order chi connectivity index (χ1) is 14.2. The van der Waals surface area contributed by atoms with Crippen molar-refractivity contribution in [2.24, 2.45) is 11.7 Å². The lowest BCUT2D eigenvalue weighted by atomic mass is 9.93. The molecule has 3 heterocycles.